The molecule has 1 rings (SSSR count). The molecule has 0 N–H and O–H groups in total. The third kappa shape index (κ3) is 2.89. The predicted molar refractivity (Wildman–Crippen MR) is 59.9 cm³/mol. The van der Waals surface area contributed by atoms with E-state index in [2.05, 4.69) is 5.10 Å². The highest BCUT2D eigenvalue weighted by Crippen LogP contribution is 2.40. The number of hydrogen-bond acceptors (Lipinski definition) is 1. The standard InChI is InChI=1S/C9H10F5IN2/c1-8(2,3)17-5(9(12,13)14)4(6(10)11)7(15)16-17/h6H,1-3H3. The van der Waals surface area contributed by atoms with Crippen LogP contribution in [0.25, 0.3) is 0 Å². The number of hydrogen-bond donors (Lipinski definition) is 0. The molecule has 0 amide bonds. The van der Waals surface area contributed by atoms with Gasteiger partial charge < -0.3 is 0 Å². The summed E-state index contributed by atoms with van der Waals surface area (Å²) in [6.07, 6.45) is -8.05. The second kappa shape index (κ2) is 4.36. The van der Waals surface area contributed by atoms with Crippen LogP contribution >= 0.6 is 22.6 Å². The molecule has 0 unspecified atom stereocenters. The Hall–Kier alpha value is -0.410. The molecule has 0 radical (unpaired) electrons. The largest absolute Gasteiger partial charge is 0.433 e. The van der Waals surface area contributed by atoms with Gasteiger partial charge in [0.25, 0.3) is 6.43 Å². The van der Waals surface area contributed by atoms with E-state index in [-0.39, 0.29) is 3.70 Å². The van der Waals surface area contributed by atoms with E-state index in [0.717, 1.165) is 0 Å². The Kier molecular flexibility index (Phi) is 3.76. The van der Waals surface area contributed by atoms with Crippen molar-refractivity contribution in [3.05, 3.63) is 15.0 Å². The molecule has 98 valence electrons. The van der Waals surface area contributed by atoms with Gasteiger partial charge in [0.1, 0.15) is 3.70 Å². The summed E-state index contributed by atoms with van der Waals surface area (Å²) < 4.78 is 64.1. The summed E-state index contributed by atoms with van der Waals surface area (Å²) in [6, 6.07) is 0. The van der Waals surface area contributed by atoms with E-state index in [9.17, 15) is 22.0 Å². The van der Waals surface area contributed by atoms with E-state index >= 15 is 0 Å². The van der Waals surface area contributed by atoms with Crippen molar-refractivity contribution in [1.29, 1.82) is 0 Å². The molecule has 0 aliphatic rings. The van der Waals surface area contributed by atoms with Gasteiger partial charge in [-0.3, -0.25) is 4.68 Å². The summed E-state index contributed by atoms with van der Waals surface area (Å²) in [7, 11) is 0. The van der Waals surface area contributed by atoms with Gasteiger partial charge in [0.15, 0.2) is 5.69 Å². The molecule has 1 aromatic rings. The summed E-state index contributed by atoms with van der Waals surface area (Å²) >= 11 is 1.39. The van der Waals surface area contributed by atoms with Crippen molar-refractivity contribution in [2.75, 3.05) is 0 Å². The highest BCUT2D eigenvalue weighted by atomic mass is 127. The first-order valence-electron chi connectivity index (χ1n) is 4.60. The highest BCUT2D eigenvalue weighted by Gasteiger charge is 2.44. The average molecular weight is 368 g/mol. The quantitative estimate of drug-likeness (QED) is 0.537. The maximum Gasteiger partial charge on any atom is 0.433 e. The van der Waals surface area contributed by atoms with Crippen LogP contribution in [0.2, 0.25) is 0 Å². The molecule has 8 heteroatoms. The first kappa shape index (κ1) is 14.7. The summed E-state index contributed by atoms with van der Waals surface area (Å²) in [5.41, 5.74) is -3.44. The van der Waals surface area contributed by atoms with Gasteiger partial charge in [-0.15, -0.1) is 0 Å². The van der Waals surface area contributed by atoms with Gasteiger partial charge in [-0.1, -0.05) is 0 Å². The average Bonchev–Trinajstić information content (AvgIpc) is 2.40. The normalized spacial score (nSPS) is 13.5. The Balaban J connectivity index is 3.60. The molecule has 0 spiro atoms. The molecule has 1 heterocycles. The van der Waals surface area contributed by atoms with Crippen molar-refractivity contribution < 1.29 is 22.0 Å². The lowest BCUT2D eigenvalue weighted by Gasteiger charge is -2.23. The molecular weight excluding hydrogens is 358 g/mol. The Morgan fingerprint density at radius 3 is 1.94 bits per heavy atom. The second-order valence-electron chi connectivity index (χ2n) is 4.43. The van der Waals surface area contributed by atoms with Crippen molar-refractivity contribution in [2.24, 2.45) is 0 Å². The monoisotopic (exact) mass is 368 g/mol. The van der Waals surface area contributed by atoms with Crippen LogP contribution < -0.4 is 0 Å². The van der Waals surface area contributed by atoms with E-state index in [1.807, 2.05) is 0 Å². The first-order chi connectivity index (χ1) is 7.46. The van der Waals surface area contributed by atoms with Crippen LogP contribution in [0.15, 0.2) is 0 Å². The Morgan fingerprint density at radius 1 is 1.18 bits per heavy atom. The molecule has 0 saturated carbocycles. The van der Waals surface area contributed by atoms with Crippen molar-refractivity contribution in [3.8, 4) is 0 Å². The summed E-state index contributed by atoms with van der Waals surface area (Å²) in [4.78, 5) is 0. The fourth-order valence-corrected chi connectivity index (χ4v) is 2.06. The minimum atomic E-state index is -4.85. The number of nitrogens with zero attached hydrogens (tertiary/aromatic N) is 2. The Morgan fingerprint density at radius 2 is 1.65 bits per heavy atom. The van der Waals surface area contributed by atoms with Crippen LogP contribution in [0.4, 0.5) is 22.0 Å². The van der Waals surface area contributed by atoms with Gasteiger partial charge in [-0.05, 0) is 43.4 Å². The first-order valence-corrected chi connectivity index (χ1v) is 5.68. The van der Waals surface area contributed by atoms with E-state index in [0.29, 0.717) is 4.68 Å². The van der Waals surface area contributed by atoms with Crippen molar-refractivity contribution in [1.82, 2.24) is 9.78 Å². The van der Waals surface area contributed by atoms with E-state index in [1.165, 1.54) is 43.4 Å². The number of alkyl halides is 5. The van der Waals surface area contributed by atoms with Crippen LogP contribution in [-0.2, 0) is 11.7 Å². The molecule has 1 aromatic heterocycles. The lowest BCUT2D eigenvalue weighted by molar-refractivity contribution is -0.148. The van der Waals surface area contributed by atoms with Gasteiger partial charge >= 0.3 is 6.18 Å². The molecule has 0 bridgehead atoms. The molecular formula is C9H10F5IN2. The minimum Gasteiger partial charge on any atom is -0.254 e. The van der Waals surface area contributed by atoms with Crippen molar-refractivity contribution in [3.63, 3.8) is 0 Å². The van der Waals surface area contributed by atoms with Gasteiger partial charge in [0.05, 0.1) is 11.1 Å². The summed E-state index contributed by atoms with van der Waals surface area (Å²) in [5, 5.41) is 3.57. The maximum absolute atomic E-state index is 12.8. The van der Waals surface area contributed by atoms with Crippen LogP contribution in [-0.4, -0.2) is 9.78 Å². The molecule has 0 aliphatic heterocycles. The molecule has 0 saturated heterocycles. The lowest BCUT2D eigenvalue weighted by Crippen LogP contribution is -2.29. The molecule has 0 aliphatic carbocycles. The van der Waals surface area contributed by atoms with Crippen LogP contribution in [0.5, 0.6) is 0 Å². The predicted octanol–water partition coefficient (Wildman–Crippen LogP) is 4.20. The molecule has 0 aromatic carbocycles. The van der Waals surface area contributed by atoms with E-state index in [1.54, 1.807) is 0 Å². The zero-order valence-corrected chi connectivity index (χ0v) is 11.4. The fourth-order valence-electron chi connectivity index (χ4n) is 1.36. The Bertz CT molecular complexity index is 416. The molecule has 17 heavy (non-hydrogen) atoms. The SMILES string of the molecule is CC(C)(C)n1nc(I)c(C(F)F)c1C(F)(F)F. The third-order valence-electron chi connectivity index (χ3n) is 2.00. The highest BCUT2D eigenvalue weighted by molar-refractivity contribution is 14.1. The molecule has 0 atom stereocenters. The van der Waals surface area contributed by atoms with Crippen LogP contribution in [0, 0.1) is 3.70 Å². The zero-order chi connectivity index (χ0) is 13.6. The van der Waals surface area contributed by atoms with Crippen molar-refractivity contribution >= 4 is 22.6 Å². The summed E-state index contributed by atoms with van der Waals surface area (Å²) in [6.45, 7) is 4.42. The van der Waals surface area contributed by atoms with Gasteiger partial charge in [0.2, 0.25) is 0 Å². The lowest BCUT2D eigenvalue weighted by atomic mass is 10.1. The maximum atomic E-state index is 12.8. The molecule has 2 nitrogen and oxygen atoms in total. The smallest absolute Gasteiger partial charge is 0.254 e. The number of halogens is 6. The number of aromatic nitrogens is 2. The topological polar surface area (TPSA) is 17.8 Å². The summed E-state index contributed by atoms with van der Waals surface area (Å²) in [5.74, 6) is 0. The van der Waals surface area contributed by atoms with Crippen LogP contribution in [0.3, 0.4) is 0 Å². The van der Waals surface area contributed by atoms with Gasteiger partial charge in [-0.25, -0.2) is 8.78 Å². The minimum absolute atomic E-state index is 0.320. The van der Waals surface area contributed by atoms with Gasteiger partial charge in [-0.2, -0.15) is 18.3 Å². The van der Waals surface area contributed by atoms with Gasteiger partial charge in [0, 0.05) is 0 Å². The van der Waals surface area contributed by atoms with Crippen molar-refractivity contribution in [2.45, 2.75) is 38.9 Å². The van der Waals surface area contributed by atoms with Crippen LogP contribution in [0.1, 0.15) is 38.5 Å². The zero-order valence-electron chi connectivity index (χ0n) is 9.24. The third-order valence-corrected chi connectivity index (χ3v) is 2.80. The van der Waals surface area contributed by atoms with E-state index in [4.69, 9.17) is 0 Å². The molecule has 0 fully saturated rings. The second-order valence-corrected chi connectivity index (χ2v) is 5.46. The fraction of sp³-hybridized carbons (Fsp3) is 0.667. The Labute approximate surface area is 108 Å². The van der Waals surface area contributed by atoms with E-state index < -0.39 is 29.4 Å². The number of rotatable bonds is 1.